The molecule has 1 saturated heterocycles. The summed E-state index contributed by atoms with van der Waals surface area (Å²) in [5.74, 6) is -0.881. The molecule has 1 aliphatic heterocycles. The molecule has 41 heavy (non-hydrogen) atoms. The molecule has 1 heterocycles. The smallest absolute Gasteiger partial charge is 0.370 e. The zero-order valence-electron chi connectivity index (χ0n) is 22.2. The van der Waals surface area contributed by atoms with E-state index in [2.05, 4.69) is 5.32 Å². The Morgan fingerprint density at radius 3 is 2.02 bits per heavy atom. The highest BCUT2D eigenvalue weighted by molar-refractivity contribution is 5.95. The van der Waals surface area contributed by atoms with Gasteiger partial charge in [-0.3, -0.25) is 9.59 Å². The summed E-state index contributed by atoms with van der Waals surface area (Å²) >= 11 is 0. The quantitative estimate of drug-likeness (QED) is 0.309. The van der Waals surface area contributed by atoms with E-state index in [-0.39, 0.29) is 42.5 Å². The first-order valence-electron chi connectivity index (χ1n) is 12.9. The number of hydrogen-bond acceptors (Lipinski definition) is 3. The first kappa shape index (κ1) is 30.1. The van der Waals surface area contributed by atoms with Crippen LogP contribution in [0.5, 0.6) is 0 Å². The maximum absolute atomic E-state index is 13.4. The molecule has 0 spiro atoms. The first-order chi connectivity index (χ1) is 19.2. The fourth-order valence-electron chi connectivity index (χ4n) is 4.93. The highest BCUT2D eigenvalue weighted by atomic mass is 19.4. The molecule has 2 amide bonds. The average Bonchev–Trinajstić information content (AvgIpc) is 2.92. The van der Waals surface area contributed by atoms with Crippen LogP contribution in [0.4, 0.5) is 32.0 Å². The number of likely N-dealkylation sites (tertiary alicyclic amines) is 1. The van der Waals surface area contributed by atoms with Gasteiger partial charge in [0.15, 0.2) is 0 Å². The third kappa shape index (κ3) is 7.46. The third-order valence-electron chi connectivity index (χ3n) is 6.97. The number of hydrogen-bond donors (Lipinski definition) is 1. The minimum absolute atomic E-state index is 0.0931. The molecule has 0 saturated carbocycles. The van der Waals surface area contributed by atoms with Crippen molar-refractivity contribution in [2.75, 3.05) is 18.4 Å². The summed E-state index contributed by atoms with van der Waals surface area (Å²) in [6.45, 7) is 3.29. The van der Waals surface area contributed by atoms with Gasteiger partial charge in [-0.25, -0.2) is 0 Å². The van der Waals surface area contributed by atoms with Crippen molar-refractivity contribution < 1.29 is 40.7 Å². The Morgan fingerprint density at radius 2 is 1.49 bits per heavy atom. The van der Waals surface area contributed by atoms with Gasteiger partial charge in [-0.1, -0.05) is 30.3 Å². The second kappa shape index (κ2) is 11.9. The van der Waals surface area contributed by atoms with Crippen LogP contribution in [0.2, 0.25) is 0 Å². The lowest BCUT2D eigenvalue weighted by atomic mass is 9.87. The molecule has 1 aliphatic rings. The molecule has 5 nitrogen and oxygen atoms in total. The Kier molecular flexibility index (Phi) is 8.77. The Morgan fingerprint density at radius 1 is 0.902 bits per heavy atom. The van der Waals surface area contributed by atoms with Crippen LogP contribution in [0, 0.1) is 0 Å². The van der Waals surface area contributed by atoms with Crippen molar-refractivity contribution in [1.82, 2.24) is 4.90 Å². The summed E-state index contributed by atoms with van der Waals surface area (Å²) in [6, 6.07) is 17.0. The summed E-state index contributed by atoms with van der Waals surface area (Å²) in [4.78, 5) is 26.2. The number of rotatable bonds is 6. The number of carbonyl (C=O) groups is 2. The topological polar surface area (TPSA) is 58.6 Å². The summed E-state index contributed by atoms with van der Waals surface area (Å²) in [6.07, 6.45) is -11.3. The fraction of sp³-hybridized carbons (Fsp3) is 0.333. The van der Waals surface area contributed by atoms with Crippen molar-refractivity contribution >= 4 is 17.5 Å². The highest BCUT2D eigenvalue weighted by Crippen LogP contribution is 2.39. The zero-order chi connectivity index (χ0) is 29.9. The first-order valence-corrected chi connectivity index (χ1v) is 12.9. The third-order valence-corrected chi connectivity index (χ3v) is 6.97. The van der Waals surface area contributed by atoms with Gasteiger partial charge in [0.1, 0.15) is 0 Å². The summed E-state index contributed by atoms with van der Waals surface area (Å²) < 4.78 is 86.6. The van der Waals surface area contributed by atoms with Gasteiger partial charge in [0.25, 0.3) is 5.91 Å². The normalized spacial score (nSPS) is 18.6. The lowest BCUT2D eigenvalue weighted by molar-refractivity contribution is -0.143. The minimum Gasteiger partial charge on any atom is -0.370 e. The molecule has 0 bridgehead atoms. The zero-order valence-corrected chi connectivity index (χ0v) is 22.2. The number of halogens is 6. The lowest BCUT2D eigenvalue weighted by Gasteiger charge is -2.40. The Bertz CT molecular complexity index is 1340. The van der Waals surface area contributed by atoms with Crippen molar-refractivity contribution in [3.05, 3.63) is 101 Å². The van der Waals surface area contributed by atoms with Gasteiger partial charge in [-0.15, -0.1) is 0 Å². The predicted octanol–water partition coefficient (Wildman–Crippen LogP) is 7.46. The van der Waals surface area contributed by atoms with E-state index in [1.165, 1.54) is 13.8 Å². The summed E-state index contributed by atoms with van der Waals surface area (Å²) in [5, 5.41) is 2.63. The van der Waals surface area contributed by atoms with Gasteiger partial charge in [-0.2, -0.15) is 26.3 Å². The molecular formula is C30H28F6N2O3. The molecule has 0 aromatic heterocycles. The van der Waals surface area contributed by atoms with E-state index in [0.717, 1.165) is 5.56 Å². The Hall–Kier alpha value is -3.86. The van der Waals surface area contributed by atoms with Crippen LogP contribution in [0.3, 0.4) is 0 Å². The number of ether oxygens (including phenoxy) is 1. The molecule has 0 aliphatic carbocycles. The van der Waals surface area contributed by atoms with Crippen molar-refractivity contribution in [3.8, 4) is 0 Å². The van der Waals surface area contributed by atoms with Crippen LogP contribution in [0.25, 0.3) is 0 Å². The van der Waals surface area contributed by atoms with Crippen LogP contribution >= 0.6 is 0 Å². The van der Waals surface area contributed by atoms with Gasteiger partial charge in [0.05, 0.1) is 23.3 Å². The highest BCUT2D eigenvalue weighted by Gasteiger charge is 2.39. The lowest BCUT2D eigenvalue weighted by Crippen LogP contribution is -2.46. The van der Waals surface area contributed by atoms with Crippen molar-refractivity contribution in [1.29, 1.82) is 0 Å². The van der Waals surface area contributed by atoms with E-state index in [9.17, 15) is 35.9 Å². The van der Waals surface area contributed by atoms with E-state index in [1.54, 1.807) is 41.3 Å². The summed E-state index contributed by atoms with van der Waals surface area (Å²) in [7, 11) is 0. The molecular weight excluding hydrogens is 550 g/mol. The van der Waals surface area contributed by atoms with E-state index < -0.39 is 35.7 Å². The van der Waals surface area contributed by atoms with Gasteiger partial charge >= 0.3 is 12.4 Å². The number of carbonyl (C=O) groups excluding carboxylic acids is 2. The molecule has 11 heteroatoms. The van der Waals surface area contributed by atoms with Crippen LogP contribution in [0.15, 0.2) is 72.8 Å². The minimum atomic E-state index is -4.96. The number of alkyl halides is 6. The maximum Gasteiger partial charge on any atom is 0.416 e. The molecule has 3 atom stereocenters. The van der Waals surface area contributed by atoms with Gasteiger partial charge in [0, 0.05) is 37.2 Å². The molecule has 0 unspecified atom stereocenters. The number of nitrogens with one attached hydrogen (secondary N) is 1. The van der Waals surface area contributed by atoms with E-state index in [4.69, 9.17) is 4.74 Å². The molecule has 3 aromatic carbocycles. The standard InChI is InChI=1S/C30H28F6N2O3/c1-18(22-14-23(29(31,32)33)16-24(15-22)30(34,35)36)41-27-12-13-38(17-26(27)20-6-4-3-5-7-20)28(40)21-8-10-25(11-9-21)37-19(2)39/h3-11,14-16,18,26-27H,12-13,17H2,1-2H3,(H,37,39)/t18-,26+,27+/m1/s1. The maximum atomic E-state index is 13.4. The second-order valence-corrected chi connectivity index (χ2v) is 9.97. The number of anilines is 1. The molecule has 1 fully saturated rings. The molecule has 218 valence electrons. The van der Waals surface area contributed by atoms with E-state index in [1.807, 2.05) is 18.2 Å². The monoisotopic (exact) mass is 578 g/mol. The number of nitrogens with zero attached hydrogens (tertiary/aromatic N) is 1. The molecule has 4 rings (SSSR count). The van der Waals surface area contributed by atoms with Gasteiger partial charge in [0.2, 0.25) is 5.91 Å². The molecule has 1 N–H and O–H groups in total. The van der Waals surface area contributed by atoms with Crippen LogP contribution in [-0.4, -0.2) is 35.9 Å². The van der Waals surface area contributed by atoms with Gasteiger partial charge < -0.3 is 15.0 Å². The van der Waals surface area contributed by atoms with Crippen molar-refractivity contribution in [2.45, 2.75) is 50.7 Å². The van der Waals surface area contributed by atoms with E-state index >= 15 is 0 Å². The van der Waals surface area contributed by atoms with Crippen molar-refractivity contribution in [3.63, 3.8) is 0 Å². The fourth-order valence-corrected chi connectivity index (χ4v) is 4.93. The van der Waals surface area contributed by atoms with Crippen LogP contribution in [-0.2, 0) is 21.9 Å². The SMILES string of the molecule is CC(=O)Nc1ccc(C(=O)N2CC[C@H](O[C@H](C)c3cc(C(F)(F)F)cc(C(F)(F)F)c3)[C@H](c3ccccc3)C2)cc1. The van der Waals surface area contributed by atoms with Gasteiger partial charge in [-0.05, 0) is 66.9 Å². The summed E-state index contributed by atoms with van der Waals surface area (Å²) in [5.41, 5.74) is -1.27. The second-order valence-electron chi connectivity index (χ2n) is 9.97. The number of piperidine rings is 1. The largest absolute Gasteiger partial charge is 0.416 e. The molecule has 3 aromatic rings. The predicted molar refractivity (Wildman–Crippen MR) is 140 cm³/mol. The average molecular weight is 579 g/mol. The number of benzene rings is 3. The van der Waals surface area contributed by atoms with Crippen LogP contribution < -0.4 is 5.32 Å². The van der Waals surface area contributed by atoms with Crippen molar-refractivity contribution in [2.24, 2.45) is 0 Å². The van der Waals surface area contributed by atoms with Crippen LogP contribution in [0.1, 0.15) is 64.9 Å². The Labute approximate surface area is 233 Å². The Balaban J connectivity index is 1.57. The number of amides is 2. The van der Waals surface area contributed by atoms with E-state index in [0.29, 0.717) is 29.8 Å². The molecule has 0 radical (unpaired) electrons.